The first-order chi connectivity index (χ1) is 21.2. The van der Waals surface area contributed by atoms with Crippen LogP contribution in [0.1, 0.15) is 30.9 Å². The first kappa shape index (κ1) is 32.9. The average molecular weight is 681 g/mol. The number of halogens is 2. The molecule has 0 saturated heterocycles. The lowest BCUT2D eigenvalue weighted by molar-refractivity contribution is -0.140. The average Bonchev–Trinajstić information content (AvgIpc) is 3.03. The number of anilines is 1. The van der Waals surface area contributed by atoms with Crippen LogP contribution < -0.4 is 9.62 Å². The molecule has 0 spiro atoms. The SMILES string of the molecule is CCCCNC(=O)[C@H](Cc1ccccc1)N(Cc1ccccc1F)C(=O)CN(c1ccc(Br)cc1)S(=O)(=O)c1ccccc1. The van der Waals surface area contributed by atoms with Crippen LogP contribution in [-0.4, -0.2) is 44.3 Å². The Hall–Kier alpha value is -4.02. The van der Waals surface area contributed by atoms with Gasteiger partial charge in [0, 0.05) is 29.5 Å². The number of carbonyl (C=O) groups is 2. The van der Waals surface area contributed by atoms with Crippen LogP contribution in [-0.2, 0) is 32.6 Å². The van der Waals surface area contributed by atoms with Gasteiger partial charge in [0.2, 0.25) is 11.8 Å². The van der Waals surface area contributed by atoms with E-state index < -0.39 is 40.2 Å². The van der Waals surface area contributed by atoms with Crippen LogP contribution in [0.3, 0.4) is 0 Å². The number of rotatable bonds is 14. The van der Waals surface area contributed by atoms with E-state index in [9.17, 15) is 22.4 Å². The summed E-state index contributed by atoms with van der Waals surface area (Å²) >= 11 is 3.38. The number of carbonyl (C=O) groups excluding carboxylic acids is 2. The minimum absolute atomic E-state index is 0.00881. The maximum atomic E-state index is 15.0. The second-order valence-electron chi connectivity index (χ2n) is 10.3. The molecule has 0 bridgehead atoms. The summed E-state index contributed by atoms with van der Waals surface area (Å²) in [6, 6.07) is 28.6. The third-order valence-electron chi connectivity index (χ3n) is 7.12. The van der Waals surface area contributed by atoms with Crippen LogP contribution in [0.5, 0.6) is 0 Å². The van der Waals surface area contributed by atoms with Gasteiger partial charge < -0.3 is 10.2 Å². The van der Waals surface area contributed by atoms with E-state index in [1.807, 2.05) is 37.3 Å². The van der Waals surface area contributed by atoms with Crippen molar-refractivity contribution in [3.05, 3.63) is 131 Å². The summed E-state index contributed by atoms with van der Waals surface area (Å²) in [6.45, 7) is 1.58. The van der Waals surface area contributed by atoms with Crippen molar-refractivity contribution in [1.29, 1.82) is 0 Å². The molecule has 1 N–H and O–H groups in total. The summed E-state index contributed by atoms with van der Waals surface area (Å²) in [6.07, 6.45) is 1.77. The molecular formula is C34H35BrFN3O4S. The fourth-order valence-electron chi connectivity index (χ4n) is 4.73. The van der Waals surface area contributed by atoms with Gasteiger partial charge in [0.05, 0.1) is 10.6 Å². The number of nitrogens with zero attached hydrogens (tertiary/aromatic N) is 2. The van der Waals surface area contributed by atoms with Gasteiger partial charge in [-0.05, 0) is 54.4 Å². The molecule has 44 heavy (non-hydrogen) atoms. The zero-order valence-electron chi connectivity index (χ0n) is 24.4. The Morgan fingerprint density at radius 2 is 1.48 bits per heavy atom. The lowest BCUT2D eigenvalue weighted by Crippen LogP contribution is -2.53. The van der Waals surface area contributed by atoms with Crippen LogP contribution in [0.4, 0.5) is 10.1 Å². The molecule has 0 radical (unpaired) electrons. The van der Waals surface area contributed by atoms with E-state index in [4.69, 9.17) is 0 Å². The fraction of sp³-hybridized carbons (Fsp3) is 0.235. The first-order valence-electron chi connectivity index (χ1n) is 14.4. The zero-order chi connectivity index (χ0) is 31.5. The Bertz CT molecular complexity index is 1640. The predicted molar refractivity (Wildman–Crippen MR) is 174 cm³/mol. The van der Waals surface area contributed by atoms with Crippen molar-refractivity contribution >= 4 is 43.5 Å². The molecule has 4 aromatic rings. The minimum atomic E-state index is -4.20. The monoisotopic (exact) mass is 679 g/mol. The van der Waals surface area contributed by atoms with E-state index in [0.29, 0.717) is 6.54 Å². The number of hydrogen-bond donors (Lipinski definition) is 1. The van der Waals surface area contributed by atoms with Crippen molar-refractivity contribution in [2.24, 2.45) is 0 Å². The van der Waals surface area contributed by atoms with E-state index in [2.05, 4.69) is 21.2 Å². The van der Waals surface area contributed by atoms with Gasteiger partial charge in [-0.3, -0.25) is 13.9 Å². The summed E-state index contributed by atoms with van der Waals surface area (Å²) in [5, 5.41) is 2.92. The quantitative estimate of drug-likeness (QED) is 0.158. The molecule has 0 heterocycles. The number of unbranched alkanes of at least 4 members (excludes halogenated alkanes) is 1. The summed E-state index contributed by atoms with van der Waals surface area (Å²) < 4.78 is 44.7. The molecule has 0 unspecified atom stereocenters. The molecule has 7 nitrogen and oxygen atoms in total. The van der Waals surface area contributed by atoms with Crippen molar-refractivity contribution in [3.8, 4) is 0 Å². The molecule has 4 aromatic carbocycles. The van der Waals surface area contributed by atoms with Crippen LogP contribution in [0.2, 0.25) is 0 Å². The van der Waals surface area contributed by atoms with Gasteiger partial charge >= 0.3 is 0 Å². The van der Waals surface area contributed by atoms with Crippen LogP contribution in [0, 0.1) is 5.82 Å². The van der Waals surface area contributed by atoms with Gasteiger partial charge in [-0.25, -0.2) is 12.8 Å². The van der Waals surface area contributed by atoms with Crippen LogP contribution in [0.15, 0.2) is 119 Å². The molecular weight excluding hydrogens is 645 g/mol. The van der Waals surface area contributed by atoms with Crippen molar-refractivity contribution in [2.75, 3.05) is 17.4 Å². The smallest absolute Gasteiger partial charge is 0.264 e. The van der Waals surface area contributed by atoms with E-state index in [1.54, 1.807) is 60.7 Å². The van der Waals surface area contributed by atoms with Gasteiger partial charge in [-0.1, -0.05) is 96.0 Å². The highest BCUT2D eigenvalue weighted by atomic mass is 79.9. The Morgan fingerprint density at radius 3 is 2.11 bits per heavy atom. The molecule has 10 heteroatoms. The summed E-state index contributed by atoms with van der Waals surface area (Å²) in [5.74, 6) is -1.58. The zero-order valence-corrected chi connectivity index (χ0v) is 26.8. The fourth-order valence-corrected chi connectivity index (χ4v) is 6.43. The van der Waals surface area contributed by atoms with Gasteiger partial charge in [0.25, 0.3) is 10.0 Å². The Kier molecular flexibility index (Phi) is 11.7. The van der Waals surface area contributed by atoms with E-state index in [1.165, 1.54) is 23.1 Å². The number of sulfonamides is 1. The molecule has 0 saturated carbocycles. The van der Waals surface area contributed by atoms with E-state index in [-0.39, 0.29) is 29.1 Å². The molecule has 1 atom stereocenters. The second-order valence-corrected chi connectivity index (χ2v) is 13.0. The number of nitrogens with one attached hydrogen (secondary N) is 1. The Balaban J connectivity index is 1.78. The lowest BCUT2D eigenvalue weighted by atomic mass is 10.0. The highest BCUT2D eigenvalue weighted by molar-refractivity contribution is 9.10. The standard InChI is InChI=1S/C34H35BrFN3O4S/c1-2-3-22-37-34(41)32(23-26-12-6-4-7-13-26)38(24-27-14-10-11-17-31(27)36)33(40)25-39(29-20-18-28(35)19-21-29)44(42,43)30-15-8-5-9-16-30/h4-21,32H,2-3,22-25H2,1H3,(H,37,41)/t32-/m0/s1. The van der Waals surface area contributed by atoms with Crippen molar-refractivity contribution in [1.82, 2.24) is 10.2 Å². The molecule has 0 aliphatic carbocycles. The number of hydrogen-bond acceptors (Lipinski definition) is 4. The van der Waals surface area contributed by atoms with Crippen molar-refractivity contribution < 1.29 is 22.4 Å². The Morgan fingerprint density at radius 1 is 0.864 bits per heavy atom. The summed E-state index contributed by atoms with van der Waals surface area (Å²) in [7, 11) is -4.20. The predicted octanol–water partition coefficient (Wildman–Crippen LogP) is 6.34. The summed E-state index contributed by atoms with van der Waals surface area (Å²) in [5.41, 5.74) is 1.28. The van der Waals surface area contributed by atoms with Gasteiger partial charge in [-0.2, -0.15) is 0 Å². The normalized spacial score (nSPS) is 11.9. The first-order valence-corrected chi connectivity index (χ1v) is 16.6. The number of benzene rings is 4. The summed E-state index contributed by atoms with van der Waals surface area (Å²) in [4.78, 5) is 29.4. The molecule has 0 aliphatic heterocycles. The highest BCUT2D eigenvalue weighted by Gasteiger charge is 2.34. The van der Waals surface area contributed by atoms with Crippen molar-refractivity contribution in [2.45, 2.75) is 43.7 Å². The second kappa shape index (κ2) is 15.6. The van der Waals surface area contributed by atoms with Gasteiger partial charge in [-0.15, -0.1) is 0 Å². The van der Waals surface area contributed by atoms with Gasteiger partial charge in [0.15, 0.2) is 0 Å². The molecule has 0 aromatic heterocycles. The Labute approximate surface area is 266 Å². The van der Waals surface area contributed by atoms with Gasteiger partial charge in [0.1, 0.15) is 18.4 Å². The third kappa shape index (κ3) is 8.54. The molecule has 0 fully saturated rings. The molecule has 230 valence electrons. The maximum Gasteiger partial charge on any atom is 0.264 e. The third-order valence-corrected chi connectivity index (χ3v) is 9.44. The topological polar surface area (TPSA) is 86.8 Å². The van der Waals surface area contributed by atoms with Crippen LogP contribution in [0.25, 0.3) is 0 Å². The van der Waals surface area contributed by atoms with Crippen molar-refractivity contribution in [3.63, 3.8) is 0 Å². The van der Waals surface area contributed by atoms with E-state index in [0.717, 1.165) is 27.2 Å². The maximum absolute atomic E-state index is 15.0. The number of amides is 2. The molecule has 2 amide bonds. The highest BCUT2D eigenvalue weighted by Crippen LogP contribution is 2.26. The van der Waals surface area contributed by atoms with Crippen LogP contribution >= 0.6 is 15.9 Å². The van der Waals surface area contributed by atoms with E-state index >= 15 is 0 Å². The molecule has 4 rings (SSSR count). The minimum Gasteiger partial charge on any atom is -0.354 e. The molecule has 0 aliphatic rings. The largest absolute Gasteiger partial charge is 0.354 e. The lowest BCUT2D eigenvalue weighted by Gasteiger charge is -2.34.